The lowest BCUT2D eigenvalue weighted by Crippen LogP contribution is -2.62. The van der Waals surface area contributed by atoms with Gasteiger partial charge in [-0.15, -0.1) is 0 Å². The number of nitrogens with two attached hydrogens (primary N) is 2. The number of Topliss-reactive ketones (excluding diaryl/α,β-unsaturated/α-hetero) is 1. The molecule has 5 rings (SSSR count). The molecule has 1 aromatic rings. The van der Waals surface area contributed by atoms with Crippen molar-refractivity contribution in [2.75, 3.05) is 34.3 Å². The lowest BCUT2D eigenvalue weighted by atomic mass is 9.91. The van der Waals surface area contributed by atoms with E-state index < -0.39 is 223 Å². The highest BCUT2D eigenvalue weighted by molar-refractivity contribution is 6.05. The van der Waals surface area contributed by atoms with Gasteiger partial charge in [0.15, 0.2) is 18.0 Å². The number of cyclic esters (lactones) is 2. The van der Waals surface area contributed by atoms with E-state index >= 15 is 24.0 Å². The van der Waals surface area contributed by atoms with E-state index in [1.54, 1.807) is 65.8 Å². The molecule has 33 nitrogen and oxygen atoms in total. The van der Waals surface area contributed by atoms with Gasteiger partial charge in [0.1, 0.15) is 66.2 Å². The van der Waals surface area contributed by atoms with Gasteiger partial charge in [0.25, 0.3) is 5.91 Å². The molecule has 4 heterocycles. The van der Waals surface area contributed by atoms with Crippen LogP contribution in [0, 0.1) is 29.6 Å². The molecule has 4 aliphatic heterocycles. The van der Waals surface area contributed by atoms with E-state index in [0.717, 1.165) is 14.7 Å². The zero-order valence-corrected chi connectivity index (χ0v) is 62.9. The first-order chi connectivity index (χ1) is 49.3. The Labute approximate surface area is 612 Å². The number of primary amides is 2. The standard InChI is InChI=1S/C72H110N12O21/c1-15-39(8)58-53(85)35-57(89)105-61(38(6)7)60(90)40(9)62(91)78-48(32-36(2)3)68(97)84-31-17-19-50(84)70(99)82(13)52(34-43-20-22-44(102-14)23-21-43)72(101)103-41(10)59(66(95)79-58)80-65(94)51(33-37(4)5)81(12)69(98)49-18-16-30-83(49)67(96)42(11)104-71(100)47(25-28-55(74)87)77-64(93)46(24-27-54(73)86)76-63(92)45-26-29-56(88)75-45/h20-23,36-42,45-53,58-59,61,85H,15-19,24-35H2,1-14H3,(H2,73,86)(H2,74,87)(H,75,88)(H,76,92)(H,77,93)(H,78,91)(H,79,95)(H,80,94)/t39-,40-,41+,42-,45-,46-,47-,48?,49-,50-,51+,52?,53-,58?,59?,61?/m0/s1. The van der Waals surface area contributed by atoms with Gasteiger partial charge in [-0.25, -0.2) is 9.59 Å². The SMILES string of the molecule is CC[C@H](C)C1NC(=O)C(NC(=O)[C@@H](CC(C)C)N(C)C(=O)[C@@H]2CCCN2C(=O)[C@H](C)OC(=O)[C@H](CCC(N)=O)NC(=O)[C@H](CCC(N)=O)NC(=O)[C@@H]2CCC(=O)N2)[C@@H](C)OC(=O)C(Cc2ccc(OC)cc2)N(C)C(=O)[C@@H]2CCCN2C(=O)C(CC(C)C)NC(=O)[C@@H](C)C(=O)C(C(C)C)OC(=O)C[C@@H]1O. The first-order valence-electron chi connectivity index (χ1n) is 36.3. The number of ether oxygens (including phenoxy) is 4. The monoisotopic (exact) mass is 1480 g/mol. The van der Waals surface area contributed by atoms with E-state index in [4.69, 9.17) is 30.4 Å². The zero-order chi connectivity index (χ0) is 78.6. The van der Waals surface area contributed by atoms with Crippen molar-refractivity contribution in [3.63, 3.8) is 0 Å². The van der Waals surface area contributed by atoms with Crippen LogP contribution in [0.2, 0.25) is 0 Å². The van der Waals surface area contributed by atoms with Gasteiger partial charge in [-0.1, -0.05) is 73.9 Å². The van der Waals surface area contributed by atoms with Crippen LogP contribution in [-0.2, 0) is 97.3 Å². The molecule has 5 unspecified atom stereocenters. The van der Waals surface area contributed by atoms with E-state index in [2.05, 4.69) is 31.9 Å². The first kappa shape index (κ1) is 86.3. The van der Waals surface area contributed by atoms with Gasteiger partial charge in [0.05, 0.1) is 31.6 Å². The Kier molecular flexibility index (Phi) is 32.7. The Morgan fingerprint density at radius 2 is 1.39 bits per heavy atom. The number of amides is 12. The van der Waals surface area contributed by atoms with Crippen LogP contribution in [-0.4, -0.2) is 238 Å². The highest BCUT2D eigenvalue weighted by atomic mass is 16.6. The normalized spacial score (nSPS) is 25.5. The maximum Gasteiger partial charge on any atom is 0.329 e. The van der Waals surface area contributed by atoms with Gasteiger partial charge in [0.2, 0.25) is 65.0 Å². The Bertz CT molecular complexity index is 3330. The summed E-state index contributed by atoms with van der Waals surface area (Å²) in [4.78, 5) is 229. The van der Waals surface area contributed by atoms with Crippen LogP contribution in [0.15, 0.2) is 24.3 Å². The number of rotatable bonds is 27. The molecular formula is C72H110N12O21. The summed E-state index contributed by atoms with van der Waals surface area (Å²) in [6.07, 6.45) is -8.07. The highest BCUT2D eigenvalue weighted by Crippen LogP contribution is 2.28. The van der Waals surface area contributed by atoms with Gasteiger partial charge >= 0.3 is 17.9 Å². The second-order valence-corrected chi connectivity index (χ2v) is 29.2. The molecule has 0 saturated carbocycles. The summed E-state index contributed by atoms with van der Waals surface area (Å²) in [5.74, 6) is -16.8. The Hall–Kier alpha value is -9.30. The molecular weight excluding hydrogens is 1370 g/mol. The number of nitrogens with one attached hydrogen (secondary N) is 6. The topological polar surface area (TPSA) is 467 Å². The number of nitrogens with zero attached hydrogens (tertiary/aromatic N) is 4. The van der Waals surface area contributed by atoms with Gasteiger partial charge in [-0.3, -0.25) is 67.1 Å². The zero-order valence-electron chi connectivity index (χ0n) is 62.9. The average Bonchev–Trinajstić information content (AvgIpc) is 1.74. The summed E-state index contributed by atoms with van der Waals surface area (Å²) >= 11 is 0. The Morgan fingerprint density at radius 1 is 0.762 bits per heavy atom. The number of ketones is 1. The second kappa shape index (κ2) is 39.7. The van der Waals surface area contributed by atoms with E-state index in [9.17, 15) is 57.8 Å². The summed E-state index contributed by atoms with van der Waals surface area (Å²) in [6.45, 7) is 17.6. The molecule has 4 fully saturated rings. The number of carbonyl (C=O) groups is 16. The maximum atomic E-state index is 15.3. The number of methoxy groups -OCH3 is 1. The minimum atomic E-state index is -1.90. The molecule has 11 N–H and O–H groups in total. The molecule has 12 amide bonds. The molecule has 0 spiro atoms. The van der Waals surface area contributed by atoms with Crippen molar-refractivity contribution < 1.29 is 101 Å². The fourth-order valence-corrected chi connectivity index (χ4v) is 13.3. The lowest BCUT2D eigenvalue weighted by Gasteiger charge is -2.36. The molecule has 33 heteroatoms. The largest absolute Gasteiger partial charge is 0.497 e. The third-order valence-electron chi connectivity index (χ3n) is 19.7. The van der Waals surface area contributed by atoms with Crippen LogP contribution in [0.1, 0.15) is 172 Å². The van der Waals surface area contributed by atoms with E-state index in [-0.39, 0.29) is 89.1 Å². The molecule has 1 aromatic carbocycles. The van der Waals surface area contributed by atoms with Crippen molar-refractivity contribution in [2.45, 2.75) is 257 Å². The molecule has 0 aliphatic carbocycles. The number of esters is 3. The number of fused-ring (bicyclic) bond motifs is 1. The number of aliphatic hydroxyl groups is 1. The van der Waals surface area contributed by atoms with Gasteiger partial charge in [-0.05, 0) is 120 Å². The fraction of sp³-hybridized carbons (Fsp3) is 0.694. The van der Waals surface area contributed by atoms with E-state index in [1.807, 2.05) is 13.8 Å². The molecule has 4 aliphatic rings. The molecule has 16 atom stereocenters. The maximum absolute atomic E-state index is 15.3. The fourth-order valence-electron chi connectivity index (χ4n) is 13.3. The molecule has 0 aromatic heterocycles. The van der Waals surface area contributed by atoms with Crippen LogP contribution >= 0.6 is 0 Å². The highest BCUT2D eigenvalue weighted by Gasteiger charge is 2.47. The number of benzene rings is 1. The number of likely N-dealkylation sites (tertiary alicyclic amines) is 1. The second-order valence-electron chi connectivity index (χ2n) is 29.2. The van der Waals surface area contributed by atoms with Crippen LogP contribution < -0.4 is 48.1 Å². The number of carbonyl (C=O) groups excluding carboxylic acids is 16. The van der Waals surface area contributed by atoms with Crippen molar-refractivity contribution >= 4 is 94.6 Å². The van der Waals surface area contributed by atoms with Crippen LogP contribution in [0.4, 0.5) is 0 Å². The van der Waals surface area contributed by atoms with Crippen molar-refractivity contribution in [1.29, 1.82) is 0 Å². The third-order valence-corrected chi connectivity index (χ3v) is 19.7. The first-order valence-corrected chi connectivity index (χ1v) is 36.3. The number of hydrogen-bond acceptors (Lipinski definition) is 21. The Morgan fingerprint density at radius 3 is 1.96 bits per heavy atom. The minimum absolute atomic E-state index is 0.0415. The predicted octanol–water partition coefficient (Wildman–Crippen LogP) is -0.353. The summed E-state index contributed by atoms with van der Waals surface area (Å²) in [5, 5.41) is 27.5. The molecule has 584 valence electrons. The summed E-state index contributed by atoms with van der Waals surface area (Å²) in [6, 6.07) is -7.46. The smallest absolute Gasteiger partial charge is 0.329 e. The van der Waals surface area contributed by atoms with Crippen molar-refractivity contribution in [1.82, 2.24) is 51.5 Å². The molecule has 4 saturated heterocycles. The van der Waals surface area contributed by atoms with Crippen molar-refractivity contribution in [3.8, 4) is 5.75 Å². The van der Waals surface area contributed by atoms with E-state index in [1.165, 1.54) is 46.9 Å². The summed E-state index contributed by atoms with van der Waals surface area (Å²) in [7, 11) is 4.12. The predicted molar refractivity (Wildman–Crippen MR) is 376 cm³/mol. The van der Waals surface area contributed by atoms with Gasteiger partial charge in [-0.2, -0.15) is 0 Å². The summed E-state index contributed by atoms with van der Waals surface area (Å²) in [5.41, 5.74) is 11.3. The number of likely N-dealkylation sites (N-methyl/N-ethyl adjacent to an activating group) is 2. The van der Waals surface area contributed by atoms with Crippen LogP contribution in [0.3, 0.4) is 0 Å². The molecule has 0 radical (unpaired) electrons. The van der Waals surface area contributed by atoms with Crippen molar-refractivity contribution in [3.05, 3.63) is 29.8 Å². The average molecular weight is 1480 g/mol. The molecule has 105 heavy (non-hydrogen) atoms. The minimum Gasteiger partial charge on any atom is -0.497 e. The van der Waals surface area contributed by atoms with Gasteiger partial charge < -0.3 is 87.0 Å². The third kappa shape index (κ3) is 24.1. The van der Waals surface area contributed by atoms with Crippen LogP contribution in [0.25, 0.3) is 0 Å². The van der Waals surface area contributed by atoms with Crippen LogP contribution in [0.5, 0.6) is 5.75 Å². The number of aliphatic hydroxyl groups excluding tert-OH is 1. The molecule has 0 bridgehead atoms. The van der Waals surface area contributed by atoms with E-state index in [0.29, 0.717) is 17.7 Å². The van der Waals surface area contributed by atoms with Crippen molar-refractivity contribution in [2.24, 2.45) is 41.1 Å². The summed E-state index contributed by atoms with van der Waals surface area (Å²) < 4.78 is 22.9. The lowest BCUT2D eigenvalue weighted by molar-refractivity contribution is -0.163. The number of hydrogen-bond donors (Lipinski definition) is 9. The van der Waals surface area contributed by atoms with Gasteiger partial charge in [0, 0.05) is 52.9 Å². The Balaban J connectivity index is 1.52. The quantitative estimate of drug-likeness (QED) is 0.0309.